The Morgan fingerprint density at radius 1 is 1.12 bits per heavy atom. The number of methoxy groups -OCH3 is 1. The van der Waals surface area contributed by atoms with E-state index in [1.807, 2.05) is 31.2 Å². The SMILES string of the molecule is CCc1cc(-c2nnc(S)n2-c2cccc(OC)c2)c(O)cc1O. The van der Waals surface area contributed by atoms with Gasteiger partial charge in [0.1, 0.15) is 17.2 Å². The maximum Gasteiger partial charge on any atom is 0.193 e. The second-order valence-corrected chi connectivity index (χ2v) is 5.61. The highest BCUT2D eigenvalue weighted by atomic mass is 32.1. The lowest BCUT2D eigenvalue weighted by atomic mass is 10.1. The second kappa shape index (κ2) is 6.45. The second-order valence-electron chi connectivity index (χ2n) is 5.21. The average Bonchev–Trinajstić information content (AvgIpc) is 2.96. The van der Waals surface area contributed by atoms with Gasteiger partial charge in [0.2, 0.25) is 0 Å². The molecule has 0 fully saturated rings. The summed E-state index contributed by atoms with van der Waals surface area (Å²) in [5.74, 6) is 1.09. The third kappa shape index (κ3) is 2.78. The van der Waals surface area contributed by atoms with Crippen LogP contribution in [0.5, 0.6) is 17.2 Å². The van der Waals surface area contributed by atoms with Crippen molar-refractivity contribution in [1.29, 1.82) is 0 Å². The van der Waals surface area contributed by atoms with Gasteiger partial charge in [-0.3, -0.25) is 4.57 Å². The number of phenolic OH excluding ortho intramolecular Hbond substituents is 2. The van der Waals surface area contributed by atoms with Crippen molar-refractivity contribution >= 4 is 12.6 Å². The number of hydrogen-bond acceptors (Lipinski definition) is 6. The van der Waals surface area contributed by atoms with Gasteiger partial charge in [-0.1, -0.05) is 13.0 Å². The Hall–Kier alpha value is -2.67. The Kier molecular flexibility index (Phi) is 4.35. The molecule has 0 unspecified atom stereocenters. The van der Waals surface area contributed by atoms with Crippen molar-refractivity contribution in [3.63, 3.8) is 0 Å². The van der Waals surface area contributed by atoms with Gasteiger partial charge in [0.25, 0.3) is 0 Å². The first-order valence-corrected chi connectivity index (χ1v) is 7.84. The number of phenols is 2. The van der Waals surface area contributed by atoms with E-state index in [0.717, 1.165) is 5.69 Å². The molecule has 124 valence electrons. The molecule has 0 amide bonds. The molecule has 7 heteroatoms. The average molecular weight is 343 g/mol. The maximum absolute atomic E-state index is 10.3. The predicted octanol–water partition coefficient (Wildman–Crippen LogP) is 3.21. The highest BCUT2D eigenvalue weighted by molar-refractivity contribution is 7.80. The third-order valence-electron chi connectivity index (χ3n) is 3.78. The highest BCUT2D eigenvalue weighted by Gasteiger charge is 2.18. The van der Waals surface area contributed by atoms with Gasteiger partial charge >= 0.3 is 0 Å². The van der Waals surface area contributed by atoms with Crippen molar-refractivity contribution in [2.24, 2.45) is 0 Å². The first-order chi connectivity index (χ1) is 11.5. The van der Waals surface area contributed by atoms with Gasteiger partial charge in [0, 0.05) is 12.1 Å². The van der Waals surface area contributed by atoms with Crippen LogP contribution < -0.4 is 4.74 Å². The standard InChI is InChI=1S/C17H17N3O3S/c1-3-10-7-13(15(22)9-14(10)21)16-18-19-17(24)20(16)11-5-4-6-12(8-11)23-2/h4-9,21-22H,3H2,1-2H3,(H,19,24). The fraction of sp³-hybridized carbons (Fsp3) is 0.176. The highest BCUT2D eigenvalue weighted by Crippen LogP contribution is 2.36. The van der Waals surface area contributed by atoms with Crippen LogP contribution in [0.1, 0.15) is 12.5 Å². The molecule has 0 saturated carbocycles. The van der Waals surface area contributed by atoms with E-state index in [1.54, 1.807) is 17.7 Å². The molecule has 2 aromatic carbocycles. The van der Waals surface area contributed by atoms with Crippen LogP contribution in [0.2, 0.25) is 0 Å². The number of rotatable bonds is 4. The molecule has 3 rings (SSSR count). The summed E-state index contributed by atoms with van der Waals surface area (Å²) in [6.45, 7) is 1.92. The molecule has 1 heterocycles. The number of ether oxygens (including phenoxy) is 1. The number of aromatic nitrogens is 3. The van der Waals surface area contributed by atoms with E-state index in [2.05, 4.69) is 22.8 Å². The summed E-state index contributed by atoms with van der Waals surface area (Å²) in [6, 6.07) is 10.4. The van der Waals surface area contributed by atoms with E-state index < -0.39 is 0 Å². The normalized spacial score (nSPS) is 10.8. The lowest BCUT2D eigenvalue weighted by Crippen LogP contribution is -2.00. The third-order valence-corrected chi connectivity index (χ3v) is 4.07. The number of aromatic hydroxyl groups is 2. The lowest BCUT2D eigenvalue weighted by Gasteiger charge is -2.12. The zero-order chi connectivity index (χ0) is 17.3. The molecule has 0 aliphatic rings. The molecule has 0 saturated heterocycles. The molecular formula is C17H17N3O3S. The zero-order valence-corrected chi connectivity index (χ0v) is 14.2. The van der Waals surface area contributed by atoms with Crippen molar-refractivity contribution in [2.45, 2.75) is 18.5 Å². The minimum Gasteiger partial charge on any atom is -0.508 e. The van der Waals surface area contributed by atoms with Crippen LogP contribution in [0.3, 0.4) is 0 Å². The van der Waals surface area contributed by atoms with Crippen LogP contribution in [0.25, 0.3) is 17.1 Å². The van der Waals surface area contributed by atoms with E-state index >= 15 is 0 Å². The van der Waals surface area contributed by atoms with Crippen LogP contribution in [-0.2, 0) is 6.42 Å². The summed E-state index contributed by atoms with van der Waals surface area (Å²) in [5.41, 5.74) is 1.94. The Labute approximate surface area is 144 Å². The molecule has 0 radical (unpaired) electrons. The smallest absolute Gasteiger partial charge is 0.193 e. The van der Waals surface area contributed by atoms with E-state index in [-0.39, 0.29) is 11.5 Å². The van der Waals surface area contributed by atoms with Gasteiger partial charge in [-0.15, -0.1) is 22.8 Å². The summed E-state index contributed by atoms with van der Waals surface area (Å²) in [6.07, 6.45) is 0.625. The van der Waals surface area contributed by atoms with Gasteiger partial charge in [-0.2, -0.15) is 0 Å². The Balaban J connectivity index is 2.21. The molecule has 6 nitrogen and oxygen atoms in total. The minimum atomic E-state index is -0.0745. The van der Waals surface area contributed by atoms with Crippen molar-refractivity contribution in [3.05, 3.63) is 42.0 Å². The predicted molar refractivity (Wildman–Crippen MR) is 93.3 cm³/mol. The molecule has 24 heavy (non-hydrogen) atoms. The fourth-order valence-corrected chi connectivity index (χ4v) is 2.78. The van der Waals surface area contributed by atoms with E-state index in [9.17, 15) is 10.2 Å². The van der Waals surface area contributed by atoms with Crippen LogP contribution in [-0.4, -0.2) is 32.1 Å². The van der Waals surface area contributed by atoms with Crippen LogP contribution in [0, 0.1) is 0 Å². The molecule has 0 spiro atoms. The molecule has 3 aromatic rings. The summed E-state index contributed by atoms with van der Waals surface area (Å²) >= 11 is 4.36. The van der Waals surface area contributed by atoms with Crippen LogP contribution >= 0.6 is 12.6 Å². The Morgan fingerprint density at radius 2 is 1.92 bits per heavy atom. The van der Waals surface area contributed by atoms with Crippen LogP contribution in [0.4, 0.5) is 0 Å². The Bertz CT molecular complexity index is 893. The molecule has 2 N–H and O–H groups in total. The number of benzene rings is 2. The van der Waals surface area contributed by atoms with Gasteiger partial charge in [0.05, 0.1) is 18.4 Å². The monoisotopic (exact) mass is 343 g/mol. The van der Waals surface area contributed by atoms with E-state index in [0.29, 0.717) is 34.3 Å². The van der Waals surface area contributed by atoms with Gasteiger partial charge in [-0.25, -0.2) is 0 Å². The summed E-state index contributed by atoms with van der Waals surface area (Å²) in [4.78, 5) is 0. The lowest BCUT2D eigenvalue weighted by molar-refractivity contribution is 0.414. The zero-order valence-electron chi connectivity index (χ0n) is 13.3. The molecule has 0 atom stereocenters. The summed E-state index contributed by atoms with van der Waals surface area (Å²) in [7, 11) is 1.59. The molecule has 1 aromatic heterocycles. The summed E-state index contributed by atoms with van der Waals surface area (Å²) in [5, 5.41) is 28.7. The summed E-state index contributed by atoms with van der Waals surface area (Å²) < 4.78 is 6.96. The van der Waals surface area contributed by atoms with Gasteiger partial charge < -0.3 is 14.9 Å². The van der Waals surface area contributed by atoms with Gasteiger partial charge in [0.15, 0.2) is 11.0 Å². The van der Waals surface area contributed by atoms with Crippen molar-refractivity contribution in [3.8, 4) is 34.3 Å². The Morgan fingerprint density at radius 3 is 2.62 bits per heavy atom. The molecule has 0 aliphatic carbocycles. The number of hydrogen-bond donors (Lipinski definition) is 3. The van der Waals surface area contributed by atoms with E-state index in [4.69, 9.17) is 4.74 Å². The first-order valence-electron chi connectivity index (χ1n) is 7.39. The molecular weight excluding hydrogens is 326 g/mol. The van der Waals surface area contributed by atoms with E-state index in [1.165, 1.54) is 6.07 Å². The van der Waals surface area contributed by atoms with Crippen molar-refractivity contribution in [2.75, 3.05) is 7.11 Å². The minimum absolute atomic E-state index is 0.0530. The number of thiol groups is 1. The topological polar surface area (TPSA) is 80.4 Å². The van der Waals surface area contributed by atoms with Crippen LogP contribution in [0.15, 0.2) is 41.6 Å². The number of aryl methyl sites for hydroxylation is 1. The van der Waals surface area contributed by atoms with Crippen molar-refractivity contribution in [1.82, 2.24) is 14.8 Å². The molecule has 0 aliphatic heterocycles. The molecule has 0 bridgehead atoms. The number of nitrogens with zero attached hydrogens (tertiary/aromatic N) is 3. The van der Waals surface area contributed by atoms with Gasteiger partial charge in [-0.05, 0) is 30.2 Å². The quantitative estimate of drug-likeness (QED) is 0.634. The largest absolute Gasteiger partial charge is 0.508 e. The van der Waals surface area contributed by atoms with Crippen molar-refractivity contribution < 1.29 is 14.9 Å². The fourth-order valence-electron chi connectivity index (χ4n) is 2.52. The maximum atomic E-state index is 10.3. The first kappa shape index (κ1) is 16.2.